The van der Waals surface area contributed by atoms with Crippen molar-refractivity contribution >= 4 is 40.8 Å². The van der Waals surface area contributed by atoms with Gasteiger partial charge in [0.2, 0.25) is 0 Å². The molecule has 0 fully saturated rings. The van der Waals surface area contributed by atoms with Crippen molar-refractivity contribution in [3.05, 3.63) is 72.4 Å². The third-order valence-corrected chi connectivity index (χ3v) is 4.03. The van der Waals surface area contributed by atoms with E-state index >= 15 is 0 Å². The van der Waals surface area contributed by atoms with Crippen LogP contribution in [0.25, 0.3) is 10.9 Å². The van der Waals surface area contributed by atoms with Crippen LogP contribution in [0.4, 0.5) is 0 Å². The molecular formula is C21H25IN4O. The average Bonchev–Trinajstić information content (AvgIpc) is 2.71. The molecular weight excluding hydrogens is 451 g/mol. The third kappa shape index (κ3) is 6.39. The molecule has 1 aromatic heterocycles. The number of ether oxygens (including phenoxy) is 1. The van der Waals surface area contributed by atoms with E-state index in [0.29, 0.717) is 13.2 Å². The second-order valence-corrected chi connectivity index (χ2v) is 5.85. The SMILES string of the molecule is CN=C(NCCCOc1ccccc1)NCc1ccnc2ccccc12.I. The van der Waals surface area contributed by atoms with Gasteiger partial charge in [-0.05, 0) is 36.2 Å². The van der Waals surface area contributed by atoms with E-state index in [-0.39, 0.29) is 24.0 Å². The monoisotopic (exact) mass is 476 g/mol. The number of rotatable bonds is 7. The highest BCUT2D eigenvalue weighted by Crippen LogP contribution is 2.15. The van der Waals surface area contributed by atoms with Crippen LogP contribution in [0.5, 0.6) is 5.75 Å². The molecule has 2 aromatic carbocycles. The van der Waals surface area contributed by atoms with E-state index in [1.54, 1.807) is 7.05 Å². The molecule has 0 unspecified atom stereocenters. The van der Waals surface area contributed by atoms with Crippen LogP contribution < -0.4 is 15.4 Å². The summed E-state index contributed by atoms with van der Waals surface area (Å²) in [6.45, 7) is 2.16. The number of nitrogens with one attached hydrogen (secondary N) is 2. The van der Waals surface area contributed by atoms with E-state index in [1.165, 1.54) is 5.56 Å². The van der Waals surface area contributed by atoms with Gasteiger partial charge in [0.25, 0.3) is 0 Å². The van der Waals surface area contributed by atoms with Gasteiger partial charge in [-0.1, -0.05) is 36.4 Å². The molecule has 2 N–H and O–H groups in total. The zero-order chi connectivity index (χ0) is 18.0. The van der Waals surface area contributed by atoms with Crippen molar-refractivity contribution in [2.45, 2.75) is 13.0 Å². The number of pyridine rings is 1. The van der Waals surface area contributed by atoms with Gasteiger partial charge in [-0.2, -0.15) is 0 Å². The van der Waals surface area contributed by atoms with Crippen molar-refractivity contribution in [3.8, 4) is 5.75 Å². The number of guanidine groups is 1. The van der Waals surface area contributed by atoms with Crippen LogP contribution in [0.2, 0.25) is 0 Å². The van der Waals surface area contributed by atoms with Gasteiger partial charge < -0.3 is 15.4 Å². The van der Waals surface area contributed by atoms with Gasteiger partial charge in [-0.3, -0.25) is 9.98 Å². The molecule has 142 valence electrons. The van der Waals surface area contributed by atoms with E-state index < -0.39 is 0 Å². The lowest BCUT2D eigenvalue weighted by atomic mass is 10.1. The van der Waals surface area contributed by atoms with E-state index in [0.717, 1.165) is 35.6 Å². The second kappa shape index (κ2) is 11.4. The summed E-state index contributed by atoms with van der Waals surface area (Å²) in [5, 5.41) is 7.84. The Hall–Kier alpha value is -2.35. The highest BCUT2D eigenvalue weighted by Gasteiger charge is 2.03. The molecule has 0 atom stereocenters. The van der Waals surface area contributed by atoms with Crippen molar-refractivity contribution in [1.82, 2.24) is 15.6 Å². The predicted octanol–water partition coefficient (Wildman–Crippen LogP) is 3.99. The fourth-order valence-electron chi connectivity index (χ4n) is 2.69. The van der Waals surface area contributed by atoms with E-state index in [4.69, 9.17) is 4.74 Å². The summed E-state index contributed by atoms with van der Waals surface area (Å²) >= 11 is 0. The summed E-state index contributed by atoms with van der Waals surface area (Å²) in [6, 6.07) is 20.1. The van der Waals surface area contributed by atoms with E-state index in [9.17, 15) is 0 Å². The Morgan fingerprint density at radius 3 is 2.59 bits per heavy atom. The number of fused-ring (bicyclic) bond motifs is 1. The Labute approximate surface area is 177 Å². The molecule has 5 nitrogen and oxygen atoms in total. The topological polar surface area (TPSA) is 58.5 Å². The zero-order valence-corrected chi connectivity index (χ0v) is 17.7. The number of para-hydroxylation sites is 2. The molecule has 0 spiro atoms. The first-order chi connectivity index (χ1) is 12.9. The van der Waals surface area contributed by atoms with Crippen molar-refractivity contribution in [3.63, 3.8) is 0 Å². The van der Waals surface area contributed by atoms with E-state index in [1.807, 2.05) is 60.8 Å². The lowest BCUT2D eigenvalue weighted by Crippen LogP contribution is -2.37. The largest absolute Gasteiger partial charge is 0.494 e. The summed E-state index contributed by atoms with van der Waals surface area (Å²) in [5.41, 5.74) is 2.21. The van der Waals surface area contributed by atoms with Crippen LogP contribution in [0, 0.1) is 0 Å². The molecule has 0 radical (unpaired) electrons. The molecule has 0 bridgehead atoms. The van der Waals surface area contributed by atoms with Gasteiger partial charge in [-0.25, -0.2) is 0 Å². The molecule has 6 heteroatoms. The number of halogens is 1. The molecule has 0 saturated carbocycles. The molecule has 0 aliphatic heterocycles. The van der Waals surface area contributed by atoms with Crippen molar-refractivity contribution in [2.75, 3.05) is 20.2 Å². The maximum Gasteiger partial charge on any atom is 0.191 e. The van der Waals surface area contributed by atoms with Crippen molar-refractivity contribution in [1.29, 1.82) is 0 Å². The van der Waals surface area contributed by atoms with Gasteiger partial charge in [0, 0.05) is 31.7 Å². The highest BCUT2D eigenvalue weighted by molar-refractivity contribution is 14.0. The minimum atomic E-state index is 0. The quantitative estimate of drug-likeness (QED) is 0.235. The Morgan fingerprint density at radius 1 is 1.00 bits per heavy atom. The Balaban J connectivity index is 0.00000261. The number of nitrogens with zero attached hydrogens (tertiary/aromatic N) is 2. The summed E-state index contributed by atoms with van der Waals surface area (Å²) in [5.74, 6) is 1.69. The van der Waals surface area contributed by atoms with Gasteiger partial charge in [-0.15, -0.1) is 24.0 Å². The maximum atomic E-state index is 5.69. The highest BCUT2D eigenvalue weighted by atomic mass is 127. The zero-order valence-electron chi connectivity index (χ0n) is 15.4. The van der Waals surface area contributed by atoms with Gasteiger partial charge in [0.15, 0.2) is 5.96 Å². The molecule has 27 heavy (non-hydrogen) atoms. The van der Waals surface area contributed by atoms with Gasteiger partial charge >= 0.3 is 0 Å². The average molecular weight is 476 g/mol. The number of hydrogen-bond donors (Lipinski definition) is 2. The van der Waals surface area contributed by atoms with Crippen LogP contribution >= 0.6 is 24.0 Å². The molecule has 0 aliphatic rings. The molecule has 0 amide bonds. The predicted molar refractivity (Wildman–Crippen MR) is 122 cm³/mol. The van der Waals surface area contributed by atoms with E-state index in [2.05, 4.69) is 26.7 Å². The summed E-state index contributed by atoms with van der Waals surface area (Å²) in [4.78, 5) is 8.67. The minimum Gasteiger partial charge on any atom is -0.494 e. The van der Waals surface area contributed by atoms with Gasteiger partial charge in [0.1, 0.15) is 5.75 Å². The summed E-state index contributed by atoms with van der Waals surface area (Å²) in [6.07, 6.45) is 2.74. The minimum absolute atomic E-state index is 0. The first-order valence-electron chi connectivity index (χ1n) is 8.82. The number of hydrogen-bond acceptors (Lipinski definition) is 3. The summed E-state index contributed by atoms with van der Waals surface area (Å²) < 4.78 is 5.69. The lowest BCUT2D eigenvalue weighted by Gasteiger charge is -2.13. The molecule has 0 aliphatic carbocycles. The number of aliphatic imine (C=N–C) groups is 1. The molecule has 0 saturated heterocycles. The molecule has 3 rings (SSSR count). The maximum absolute atomic E-state index is 5.69. The van der Waals surface area contributed by atoms with Gasteiger partial charge in [0.05, 0.1) is 12.1 Å². The van der Waals surface area contributed by atoms with Crippen LogP contribution in [0.15, 0.2) is 71.9 Å². The van der Waals surface area contributed by atoms with Crippen molar-refractivity contribution in [2.24, 2.45) is 4.99 Å². The summed E-state index contributed by atoms with van der Waals surface area (Å²) in [7, 11) is 1.78. The number of benzene rings is 2. The normalized spacial score (nSPS) is 10.9. The lowest BCUT2D eigenvalue weighted by molar-refractivity contribution is 0.311. The standard InChI is InChI=1S/C21H24N4O.HI/c1-22-21(24-13-7-15-26-18-8-3-2-4-9-18)25-16-17-12-14-23-20-11-6-5-10-19(17)20;/h2-6,8-12,14H,7,13,15-16H2,1H3,(H2,22,24,25);1H. The van der Waals surface area contributed by atoms with Crippen LogP contribution in [-0.2, 0) is 6.54 Å². The first-order valence-corrected chi connectivity index (χ1v) is 8.82. The third-order valence-electron chi connectivity index (χ3n) is 4.03. The van der Waals surface area contributed by atoms with Crippen molar-refractivity contribution < 1.29 is 4.74 Å². The Kier molecular flexibility index (Phi) is 8.83. The smallest absolute Gasteiger partial charge is 0.191 e. The van der Waals surface area contributed by atoms with Crippen LogP contribution in [-0.4, -0.2) is 31.1 Å². The van der Waals surface area contributed by atoms with Crippen LogP contribution in [0.1, 0.15) is 12.0 Å². The first kappa shape index (κ1) is 21.0. The second-order valence-electron chi connectivity index (χ2n) is 5.85. The Bertz CT molecular complexity index is 850. The number of aromatic nitrogens is 1. The Morgan fingerprint density at radius 2 is 1.78 bits per heavy atom. The fraction of sp³-hybridized carbons (Fsp3) is 0.238. The molecule has 1 heterocycles. The van der Waals surface area contributed by atoms with Crippen LogP contribution in [0.3, 0.4) is 0 Å². The fourth-order valence-corrected chi connectivity index (χ4v) is 2.69. The molecule has 3 aromatic rings.